The van der Waals surface area contributed by atoms with Crippen molar-refractivity contribution >= 4 is 27.5 Å². The minimum atomic E-state index is -3.95. The third-order valence-corrected chi connectivity index (χ3v) is 6.09. The molecule has 0 saturated carbocycles. The van der Waals surface area contributed by atoms with Crippen LogP contribution in [0.2, 0.25) is 0 Å². The maximum Gasteiger partial charge on any atom is 0.241 e. The SMILES string of the molecule is CC(=O)Nc1ccc(S(=O)(=O)N[C@@H](C)C(=O)NCC(c2cccc(F)c2)N(C)C)cc1. The zero-order valence-electron chi connectivity index (χ0n) is 17.8. The highest BCUT2D eigenvalue weighted by atomic mass is 32.2. The molecule has 0 spiro atoms. The van der Waals surface area contributed by atoms with E-state index in [4.69, 9.17) is 0 Å². The Balaban J connectivity index is 2.01. The molecule has 2 aromatic carbocycles. The largest absolute Gasteiger partial charge is 0.353 e. The van der Waals surface area contributed by atoms with Crippen LogP contribution in [0.15, 0.2) is 53.4 Å². The van der Waals surface area contributed by atoms with E-state index in [0.29, 0.717) is 11.3 Å². The van der Waals surface area contributed by atoms with Gasteiger partial charge in [-0.05, 0) is 63.0 Å². The molecule has 1 unspecified atom stereocenters. The molecule has 0 aliphatic heterocycles. The van der Waals surface area contributed by atoms with E-state index >= 15 is 0 Å². The predicted octanol–water partition coefficient (Wildman–Crippen LogP) is 1.87. The second-order valence-electron chi connectivity index (χ2n) is 7.33. The molecular weight excluding hydrogens is 423 g/mol. The number of hydrogen-bond acceptors (Lipinski definition) is 5. The first-order valence-electron chi connectivity index (χ1n) is 9.59. The summed E-state index contributed by atoms with van der Waals surface area (Å²) in [6, 6.07) is 10.4. The Morgan fingerprint density at radius 2 is 1.74 bits per heavy atom. The first-order valence-corrected chi connectivity index (χ1v) is 11.1. The minimum Gasteiger partial charge on any atom is -0.353 e. The summed E-state index contributed by atoms with van der Waals surface area (Å²) in [6.07, 6.45) is 0. The van der Waals surface area contributed by atoms with Crippen LogP contribution >= 0.6 is 0 Å². The van der Waals surface area contributed by atoms with Gasteiger partial charge in [0.05, 0.1) is 17.0 Å². The van der Waals surface area contributed by atoms with Crippen LogP contribution < -0.4 is 15.4 Å². The maximum atomic E-state index is 13.5. The number of likely N-dealkylation sites (N-methyl/N-ethyl adjacent to an activating group) is 1. The van der Waals surface area contributed by atoms with Crippen LogP contribution in [0.4, 0.5) is 10.1 Å². The van der Waals surface area contributed by atoms with Crippen molar-refractivity contribution in [3.05, 3.63) is 59.9 Å². The number of benzene rings is 2. The molecule has 0 saturated heterocycles. The lowest BCUT2D eigenvalue weighted by atomic mass is 10.1. The number of amides is 2. The lowest BCUT2D eigenvalue weighted by Crippen LogP contribution is -2.46. The first kappa shape index (κ1) is 24.4. The van der Waals surface area contributed by atoms with E-state index in [0.717, 1.165) is 0 Å². The molecule has 0 fully saturated rings. The zero-order valence-corrected chi connectivity index (χ0v) is 18.7. The third kappa shape index (κ3) is 7.12. The Kier molecular flexibility index (Phi) is 8.26. The van der Waals surface area contributed by atoms with Gasteiger partial charge in [0.25, 0.3) is 0 Å². The van der Waals surface area contributed by atoms with Crippen molar-refractivity contribution in [2.45, 2.75) is 30.8 Å². The Bertz CT molecular complexity index is 1030. The molecule has 2 aromatic rings. The molecule has 168 valence electrons. The second-order valence-corrected chi connectivity index (χ2v) is 9.04. The molecule has 2 rings (SSSR count). The van der Waals surface area contributed by atoms with Crippen molar-refractivity contribution in [1.29, 1.82) is 0 Å². The topological polar surface area (TPSA) is 108 Å². The zero-order chi connectivity index (χ0) is 23.2. The van der Waals surface area contributed by atoms with Crippen molar-refractivity contribution in [2.24, 2.45) is 0 Å². The summed E-state index contributed by atoms with van der Waals surface area (Å²) in [5.41, 5.74) is 1.15. The number of hydrogen-bond donors (Lipinski definition) is 3. The fraction of sp³-hybridized carbons (Fsp3) is 0.333. The van der Waals surface area contributed by atoms with Crippen LogP contribution in [0, 0.1) is 5.82 Å². The number of carbonyl (C=O) groups is 2. The van der Waals surface area contributed by atoms with E-state index in [2.05, 4.69) is 15.4 Å². The summed E-state index contributed by atoms with van der Waals surface area (Å²) in [4.78, 5) is 25.3. The van der Waals surface area contributed by atoms with E-state index in [-0.39, 0.29) is 29.2 Å². The Labute approximate surface area is 181 Å². The van der Waals surface area contributed by atoms with Crippen molar-refractivity contribution in [1.82, 2.24) is 14.9 Å². The van der Waals surface area contributed by atoms with Crippen molar-refractivity contribution in [2.75, 3.05) is 26.0 Å². The number of sulfonamides is 1. The highest BCUT2D eigenvalue weighted by Crippen LogP contribution is 2.18. The predicted molar refractivity (Wildman–Crippen MR) is 116 cm³/mol. The Morgan fingerprint density at radius 3 is 2.29 bits per heavy atom. The van der Waals surface area contributed by atoms with Crippen LogP contribution in [-0.2, 0) is 19.6 Å². The van der Waals surface area contributed by atoms with E-state index < -0.39 is 22.0 Å². The summed E-state index contributed by atoms with van der Waals surface area (Å²) in [7, 11) is -0.338. The third-order valence-electron chi connectivity index (χ3n) is 4.54. The summed E-state index contributed by atoms with van der Waals surface area (Å²) in [6.45, 7) is 2.96. The van der Waals surface area contributed by atoms with Crippen LogP contribution in [0.1, 0.15) is 25.5 Å². The number of carbonyl (C=O) groups excluding carboxylic acids is 2. The highest BCUT2D eigenvalue weighted by Gasteiger charge is 2.23. The quantitative estimate of drug-likeness (QED) is 0.541. The average molecular weight is 451 g/mol. The van der Waals surface area contributed by atoms with Gasteiger partial charge >= 0.3 is 0 Å². The number of nitrogens with one attached hydrogen (secondary N) is 3. The van der Waals surface area contributed by atoms with Gasteiger partial charge in [0, 0.05) is 19.2 Å². The lowest BCUT2D eigenvalue weighted by molar-refractivity contribution is -0.122. The van der Waals surface area contributed by atoms with Gasteiger partial charge in [-0.2, -0.15) is 4.72 Å². The highest BCUT2D eigenvalue weighted by molar-refractivity contribution is 7.89. The van der Waals surface area contributed by atoms with Crippen LogP contribution in [-0.4, -0.2) is 51.8 Å². The lowest BCUT2D eigenvalue weighted by Gasteiger charge is -2.26. The van der Waals surface area contributed by atoms with E-state index in [1.54, 1.807) is 26.2 Å². The molecule has 10 heteroatoms. The summed E-state index contributed by atoms with van der Waals surface area (Å²) in [5.74, 6) is -1.16. The molecular formula is C21H27FN4O4S. The molecule has 8 nitrogen and oxygen atoms in total. The van der Waals surface area contributed by atoms with Crippen LogP contribution in [0.5, 0.6) is 0 Å². The monoisotopic (exact) mass is 450 g/mol. The standard InChI is InChI=1S/C21H27FN4O4S/c1-14(25-31(29,30)19-10-8-18(9-11-19)24-15(2)27)21(28)23-13-20(26(3)4)16-6-5-7-17(22)12-16/h5-12,14,20,25H,13H2,1-4H3,(H,23,28)(H,24,27)/t14-,20?/m0/s1. The molecule has 0 aliphatic rings. The van der Waals surface area contributed by atoms with Gasteiger partial charge < -0.3 is 15.5 Å². The average Bonchev–Trinajstić information content (AvgIpc) is 2.67. The van der Waals surface area contributed by atoms with Crippen LogP contribution in [0.25, 0.3) is 0 Å². The summed E-state index contributed by atoms with van der Waals surface area (Å²) < 4.78 is 41.0. The minimum absolute atomic E-state index is 0.0350. The van der Waals surface area contributed by atoms with E-state index in [1.807, 2.05) is 4.90 Å². The Morgan fingerprint density at radius 1 is 1.10 bits per heavy atom. The smallest absolute Gasteiger partial charge is 0.241 e. The van der Waals surface area contributed by atoms with Gasteiger partial charge in [0.15, 0.2) is 0 Å². The number of rotatable bonds is 9. The van der Waals surface area contributed by atoms with E-state index in [1.165, 1.54) is 50.2 Å². The fourth-order valence-electron chi connectivity index (χ4n) is 2.94. The van der Waals surface area contributed by atoms with Gasteiger partial charge in [0.1, 0.15) is 5.82 Å². The maximum absolute atomic E-state index is 13.5. The van der Waals surface area contributed by atoms with Crippen LogP contribution in [0.3, 0.4) is 0 Å². The number of nitrogens with zero attached hydrogens (tertiary/aromatic N) is 1. The summed E-state index contributed by atoms with van der Waals surface area (Å²) >= 11 is 0. The van der Waals surface area contributed by atoms with Gasteiger partial charge in [-0.25, -0.2) is 12.8 Å². The van der Waals surface area contributed by atoms with Gasteiger partial charge in [-0.3, -0.25) is 9.59 Å². The van der Waals surface area contributed by atoms with Gasteiger partial charge in [-0.15, -0.1) is 0 Å². The molecule has 0 radical (unpaired) electrons. The molecule has 2 amide bonds. The molecule has 2 atom stereocenters. The number of anilines is 1. The molecule has 0 bridgehead atoms. The second kappa shape index (κ2) is 10.5. The molecule has 0 heterocycles. The number of halogens is 1. The van der Waals surface area contributed by atoms with Crippen molar-refractivity contribution < 1.29 is 22.4 Å². The summed E-state index contributed by atoms with van der Waals surface area (Å²) in [5, 5.41) is 5.26. The van der Waals surface area contributed by atoms with Gasteiger partial charge in [0.2, 0.25) is 21.8 Å². The van der Waals surface area contributed by atoms with Crippen molar-refractivity contribution in [3.63, 3.8) is 0 Å². The van der Waals surface area contributed by atoms with E-state index in [9.17, 15) is 22.4 Å². The molecule has 0 aromatic heterocycles. The van der Waals surface area contributed by atoms with Gasteiger partial charge in [-0.1, -0.05) is 12.1 Å². The van der Waals surface area contributed by atoms with Crippen molar-refractivity contribution in [3.8, 4) is 0 Å². The molecule has 31 heavy (non-hydrogen) atoms. The Hall–Kier alpha value is -2.82. The molecule has 3 N–H and O–H groups in total. The fourth-order valence-corrected chi connectivity index (χ4v) is 4.14. The molecule has 0 aliphatic carbocycles. The first-order chi connectivity index (χ1) is 14.5. The normalized spacial score (nSPS) is 13.5.